The fraction of sp³-hybridized carbons (Fsp3) is 0.130. The van der Waals surface area contributed by atoms with Crippen LogP contribution >= 0.6 is 11.6 Å². The number of para-hydroxylation sites is 1. The van der Waals surface area contributed by atoms with Gasteiger partial charge >= 0.3 is 12.1 Å². The molecule has 5 nitrogen and oxygen atoms in total. The number of hydrogen-bond acceptors (Lipinski definition) is 4. The van der Waals surface area contributed by atoms with Gasteiger partial charge in [-0.3, -0.25) is 4.98 Å². The Morgan fingerprint density at radius 3 is 2.41 bits per heavy atom. The van der Waals surface area contributed by atoms with E-state index in [0.29, 0.717) is 16.9 Å². The van der Waals surface area contributed by atoms with Crippen molar-refractivity contribution in [3.8, 4) is 0 Å². The Balaban J connectivity index is 1.58. The molecule has 0 radical (unpaired) electrons. The summed E-state index contributed by atoms with van der Waals surface area (Å²) >= 11 is 6.19. The summed E-state index contributed by atoms with van der Waals surface area (Å²) < 4.78 is 46.5. The second-order valence-electron chi connectivity index (χ2n) is 6.89. The molecule has 0 saturated carbocycles. The van der Waals surface area contributed by atoms with Gasteiger partial charge in [0.2, 0.25) is 11.7 Å². The standard InChI is InChI=1S/C23H16ClF3N3O2/c24-18-6-1-2-7-19(18)30-20(13-21(29-30)23(25,26)27)15-8-10-16(11-9-15)22(31)32-14-17-5-3-4-12-28-17/h1-13,21H,14H2/q+1. The number of aromatic nitrogens is 1. The van der Waals surface area contributed by atoms with E-state index in [4.69, 9.17) is 16.3 Å². The molecule has 162 valence electrons. The van der Waals surface area contributed by atoms with Crippen LogP contribution < -0.4 is 0 Å². The summed E-state index contributed by atoms with van der Waals surface area (Å²) in [5, 5.41) is 4.07. The summed E-state index contributed by atoms with van der Waals surface area (Å²) in [5.74, 6) is -0.566. The largest absolute Gasteiger partial charge is 0.456 e. The molecule has 2 aromatic carbocycles. The van der Waals surface area contributed by atoms with Crippen molar-refractivity contribution in [2.45, 2.75) is 18.8 Å². The summed E-state index contributed by atoms with van der Waals surface area (Å²) in [7, 11) is 0. The third-order valence-corrected chi connectivity index (χ3v) is 5.01. The molecule has 1 aromatic heterocycles. The predicted molar refractivity (Wildman–Crippen MR) is 111 cm³/mol. The van der Waals surface area contributed by atoms with Gasteiger partial charge in [0.15, 0.2) is 0 Å². The summed E-state index contributed by atoms with van der Waals surface area (Å²) in [5.41, 5.74) is 1.85. The first-order valence-corrected chi connectivity index (χ1v) is 9.92. The lowest BCUT2D eigenvalue weighted by atomic mass is 10.1. The topological polar surface area (TPSA) is 54.6 Å². The summed E-state index contributed by atoms with van der Waals surface area (Å²) in [6.45, 7) is 0.0129. The fourth-order valence-corrected chi connectivity index (χ4v) is 3.33. The van der Waals surface area contributed by atoms with Crippen LogP contribution in [0.3, 0.4) is 0 Å². The Morgan fingerprint density at radius 1 is 1.03 bits per heavy atom. The number of esters is 1. The Bertz CT molecular complexity index is 1190. The van der Waals surface area contributed by atoms with Crippen molar-refractivity contribution in [1.82, 2.24) is 4.98 Å². The molecule has 1 aliphatic rings. The third-order valence-electron chi connectivity index (χ3n) is 4.69. The molecule has 2 heterocycles. The summed E-state index contributed by atoms with van der Waals surface area (Å²) in [6, 6.07) is 15.8. The Labute approximate surface area is 186 Å². The smallest absolute Gasteiger partial charge is 0.420 e. The average molecular weight is 459 g/mol. The Hall–Kier alpha value is -3.52. The first-order valence-electron chi connectivity index (χ1n) is 9.54. The van der Waals surface area contributed by atoms with Crippen molar-refractivity contribution < 1.29 is 27.4 Å². The molecule has 0 amide bonds. The van der Waals surface area contributed by atoms with E-state index in [1.54, 1.807) is 60.8 Å². The van der Waals surface area contributed by atoms with Crippen LogP contribution in [0.25, 0.3) is 5.70 Å². The van der Waals surface area contributed by atoms with E-state index in [1.807, 2.05) is 0 Å². The molecule has 0 fully saturated rings. The average Bonchev–Trinajstić information content (AvgIpc) is 3.24. The number of rotatable bonds is 5. The first-order chi connectivity index (χ1) is 15.3. The van der Waals surface area contributed by atoms with Gasteiger partial charge in [0.25, 0.3) is 5.69 Å². The number of carbonyl (C=O) groups is 1. The molecule has 1 unspecified atom stereocenters. The lowest BCUT2D eigenvalue weighted by Gasteiger charge is -2.06. The van der Waals surface area contributed by atoms with Gasteiger partial charge in [-0.1, -0.05) is 29.8 Å². The molecule has 0 saturated heterocycles. The maximum atomic E-state index is 13.4. The normalized spacial score (nSPS) is 15.8. The van der Waals surface area contributed by atoms with E-state index >= 15 is 0 Å². The molecule has 9 heteroatoms. The third kappa shape index (κ3) is 4.70. The van der Waals surface area contributed by atoms with Crippen LogP contribution in [-0.4, -0.2) is 27.9 Å². The van der Waals surface area contributed by atoms with Crippen molar-refractivity contribution >= 4 is 29.0 Å². The van der Waals surface area contributed by atoms with Crippen LogP contribution in [-0.2, 0) is 11.3 Å². The lowest BCUT2D eigenvalue weighted by Crippen LogP contribution is -2.23. The molecular formula is C23H16ClF3N3O2+. The molecule has 0 bridgehead atoms. The van der Waals surface area contributed by atoms with Gasteiger partial charge in [-0.05, 0) is 52.3 Å². The Morgan fingerprint density at radius 2 is 1.75 bits per heavy atom. The van der Waals surface area contributed by atoms with Crippen molar-refractivity contribution in [3.63, 3.8) is 0 Å². The maximum Gasteiger partial charge on any atom is 0.420 e. The van der Waals surface area contributed by atoms with Gasteiger partial charge in [0.05, 0.1) is 11.3 Å². The highest BCUT2D eigenvalue weighted by Crippen LogP contribution is 2.38. The van der Waals surface area contributed by atoms with Gasteiger partial charge in [0, 0.05) is 23.9 Å². The van der Waals surface area contributed by atoms with Gasteiger partial charge < -0.3 is 4.74 Å². The highest BCUT2D eigenvalue weighted by atomic mass is 35.5. The molecule has 4 rings (SSSR count). The van der Waals surface area contributed by atoms with Crippen molar-refractivity contribution in [2.75, 3.05) is 0 Å². The number of carbonyl (C=O) groups excluding carboxylic acids is 1. The van der Waals surface area contributed by atoms with Crippen LogP contribution in [0.4, 0.5) is 18.9 Å². The molecule has 1 aliphatic heterocycles. The number of hydrogen-bond donors (Lipinski definition) is 0. The Kier molecular flexibility index (Phi) is 6.05. The minimum atomic E-state index is -4.55. The highest BCUT2D eigenvalue weighted by Gasteiger charge is 2.47. The van der Waals surface area contributed by atoms with E-state index in [2.05, 4.69) is 10.1 Å². The van der Waals surface area contributed by atoms with Gasteiger partial charge in [-0.2, -0.15) is 13.2 Å². The molecule has 1 atom stereocenters. The fourth-order valence-electron chi connectivity index (χ4n) is 3.12. The zero-order chi connectivity index (χ0) is 22.7. The van der Waals surface area contributed by atoms with Crippen molar-refractivity contribution in [1.29, 1.82) is 0 Å². The summed E-state index contributed by atoms with van der Waals surface area (Å²) in [6.07, 6.45) is -1.93. The second kappa shape index (κ2) is 8.92. The zero-order valence-electron chi connectivity index (χ0n) is 16.5. The minimum Gasteiger partial charge on any atom is -0.456 e. The molecule has 32 heavy (non-hydrogen) atoms. The SMILES string of the molecule is O=C(OCc1ccccn1)c1ccc(C2=CC(C(F)(F)F)N=[N+]2c2ccccc2Cl)cc1. The maximum absolute atomic E-state index is 13.4. The number of nitrogens with zero attached hydrogens (tertiary/aromatic N) is 3. The molecule has 3 aromatic rings. The van der Waals surface area contributed by atoms with Crippen molar-refractivity contribution in [2.24, 2.45) is 5.11 Å². The molecule has 0 spiro atoms. The van der Waals surface area contributed by atoms with E-state index in [0.717, 1.165) is 6.08 Å². The minimum absolute atomic E-state index is 0.0129. The van der Waals surface area contributed by atoms with E-state index < -0.39 is 18.2 Å². The molecule has 0 N–H and O–H groups in total. The van der Waals surface area contributed by atoms with Gasteiger partial charge in [0.1, 0.15) is 11.6 Å². The first kappa shape index (κ1) is 21.7. The van der Waals surface area contributed by atoms with Gasteiger partial charge in [-0.15, -0.1) is 0 Å². The number of ether oxygens (including phenoxy) is 1. The quantitative estimate of drug-likeness (QED) is 0.339. The van der Waals surface area contributed by atoms with Crippen molar-refractivity contribution in [3.05, 3.63) is 101 Å². The molecule has 0 aliphatic carbocycles. The number of pyridine rings is 1. The van der Waals surface area contributed by atoms with Crippen LogP contribution in [0, 0.1) is 0 Å². The van der Waals surface area contributed by atoms with E-state index in [1.165, 1.54) is 16.8 Å². The van der Waals surface area contributed by atoms with E-state index in [-0.39, 0.29) is 22.9 Å². The number of azo groups is 2. The predicted octanol–water partition coefficient (Wildman–Crippen LogP) is 6.17. The van der Waals surface area contributed by atoms with Crippen LogP contribution in [0.1, 0.15) is 21.6 Å². The number of alkyl halides is 3. The zero-order valence-corrected chi connectivity index (χ0v) is 17.2. The van der Waals surface area contributed by atoms with Gasteiger partial charge in [-0.25, -0.2) is 4.79 Å². The lowest BCUT2D eigenvalue weighted by molar-refractivity contribution is -0.415. The number of halogens is 4. The van der Waals surface area contributed by atoms with Crippen LogP contribution in [0.15, 0.2) is 84.1 Å². The summed E-state index contributed by atoms with van der Waals surface area (Å²) in [4.78, 5) is 16.4. The molecular weight excluding hydrogens is 443 g/mol. The number of benzene rings is 2. The van der Waals surface area contributed by atoms with Crippen LogP contribution in [0.2, 0.25) is 5.02 Å². The van der Waals surface area contributed by atoms with E-state index in [9.17, 15) is 18.0 Å². The highest BCUT2D eigenvalue weighted by molar-refractivity contribution is 6.32. The second-order valence-corrected chi connectivity index (χ2v) is 7.30. The monoisotopic (exact) mass is 458 g/mol. The van der Waals surface area contributed by atoms with Crippen LogP contribution in [0.5, 0.6) is 0 Å².